The van der Waals surface area contributed by atoms with Crippen LogP contribution < -0.4 is 11.1 Å². The fourth-order valence-electron chi connectivity index (χ4n) is 1.20. The van der Waals surface area contributed by atoms with E-state index < -0.39 is 5.82 Å². The third-order valence-corrected chi connectivity index (χ3v) is 3.77. The van der Waals surface area contributed by atoms with Crippen LogP contribution in [0.5, 0.6) is 0 Å². The summed E-state index contributed by atoms with van der Waals surface area (Å²) in [6, 6.07) is 4.22. The van der Waals surface area contributed by atoms with Crippen LogP contribution in [0.2, 0.25) is 0 Å². The molecule has 1 aromatic rings. The number of benzene rings is 1. The van der Waals surface area contributed by atoms with Gasteiger partial charge in [0.05, 0.1) is 11.3 Å². The maximum absolute atomic E-state index is 13.2. The number of nitrogen functional groups attached to an aromatic ring is 1. The number of anilines is 1. The molecular formula is C12H17FN2OS. The summed E-state index contributed by atoms with van der Waals surface area (Å²) >= 11 is 1.65. The van der Waals surface area contributed by atoms with Crippen LogP contribution in [0.3, 0.4) is 0 Å². The molecule has 3 N–H and O–H groups in total. The van der Waals surface area contributed by atoms with E-state index in [0.29, 0.717) is 6.54 Å². The van der Waals surface area contributed by atoms with Gasteiger partial charge >= 0.3 is 0 Å². The molecule has 0 saturated carbocycles. The number of nitrogens with one attached hydrogen (secondary N) is 1. The van der Waals surface area contributed by atoms with Crippen molar-refractivity contribution in [2.45, 2.75) is 18.6 Å². The van der Waals surface area contributed by atoms with Gasteiger partial charge in [0.25, 0.3) is 5.91 Å². The molecule has 0 fully saturated rings. The molecule has 0 aromatic heterocycles. The minimum absolute atomic E-state index is 0.0578. The first-order chi connectivity index (χ1) is 7.87. The van der Waals surface area contributed by atoms with E-state index in [2.05, 4.69) is 5.32 Å². The van der Waals surface area contributed by atoms with Crippen LogP contribution in [0.25, 0.3) is 0 Å². The molecule has 0 aliphatic heterocycles. The maximum atomic E-state index is 13.2. The predicted octanol–water partition coefficient (Wildman–Crippen LogP) is 2.28. The number of hydrogen-bond acceptors (Lipinski definition) is 3. The predicted molar refractivity (Wildman–Crippen MR) is 70.7 cm³/mol. The molecule has 0 atom stereocenters. The Morgan fingerprint density at radius 2 is 2.18 bits per heavy atom. The molecule has 0 aliphatic rings. The topological polar surface area (TPSA) is 55.1 Å². The Morgan fingerprint density at radius 1 is 1.53 bits per heavy atom. The zero-order chi connectivity index (χ0) is 13.1. The molecule has 94 valence electrons. The number of carbonyl (C=O) groups excluding carboxylic acids is 1. The van der Waals surface area contributed by atoms with Crippen LogP contribution in [0, 0.1) is 5.82 Å². The Morgan fingerprint density at radius 3 is 2.76 bits per heavy atom. The molecule has 0 saturated heterocycles. The van der Waals surface area contributed by atoms with Crippen molar-refractivity contribution in [3.63, 3.8) is 0 Å². The molecule has 17 heavy (non-hydrogen) atoms. The lowest BCUT2D eigenvalue weighted by Gasteiger charge is -2.22. The summed E-state index contributed by atoms with van der Waals surface area (Å²) in [5.41, 5.74) is 5.59. The maximum Gasteiger partial charge on any atom is 0.253 e. The molecule has 0 spiro atoms. The largest absolute Gasteiger partial charge is 0.396 e. The van der Waals surface area contributed by atoms with Crippen molar-refractivity contribution < 1.29 is 9.18 Å². The highest BCUT2D eigenvalue weighted by atomic mass is 32.2. The molecule has 1 rings (SSSR count). The zero-order valence-corrected chi connectivity index (χ0v) is 11.0. The second-order valence-corrected chi connectivity index (χ2v) is 5.86. The van der Waals surface area contributed by atoms with Crippen LogP contribution in [-0.2, 0) is 0 Å². The number of halogens is 1. The van der Waals surface area contributed by atoms with Crippen LogP contribution in [-0.4, -0.2) is 23.5 Å². The van der Waals surface area contributed by atoms with Gasteiger partial charge in [0.2, 0.25) is 0 Å². The Labute approximate surface area is 105 Å². The minimum Gasteiger partial charge on any atom is -0.396 e. The first-order valence-corrected chi connectivity index (χ1v) is 6.47. The number of rotatable bonds is 4. The lowest BCUT2D eigenvalue weighted by atomic mass is 10.1. The Balaban J connectivity index is 2.74. The summed E-state index contributed by atoms with van der Waals surface area (Å²) in [7, 11) is 0. The van der Waals surface area contributed by atoms with Gasteiger partial charge < -0.3 is 11.1 Å². The van der Waals surface area contributed by atoms with E-state index in [4.69, 9.17) is 5.73 Å². The Bertz CT molecular complexity index is 421. The molecule has 5 heteroatoms. The summed E-state index contributed by atoms with van der Waals surface area (Å²) in [5, 5.41) is 2.75. The quantitative estimate of drug-likeness (QED) is 0.813. The molecule has 0 aliphatic carbocycles. The average molecular weight is 256 g/mol. The minimum atomic E-state index is -0.568. The first-order valence-electron chi connectivity index (χ1n) is 5.25. The summed E-state index contributed by atoms with van der Waals surface area (Å²) in [5.74, 6) is -0.911. The molecule has 0 unspecified atom stereocenters. The number of nitrogens with two attached hydrogens (primary N) is 1. The van der Waals surface area contributed by atoms with Gasteiger partial charge in [-0.3, -0.25) is 4.79 Å². The van der Waals surface area contributed by atoms with E-state index >= 15 is 0 Å². The highest BCUT2D eigenvalue weighted by Crippen LogP contribution is 2.20. The average Bonchev–Trinajstić information content (AvgIpc) is 2.30. The lowest BCUT2D eigenvalue weighted by Crippen LogP contribution is -2.36. The lowest BCUT2D eigenvalue weighted by molar-refractivity contribution is 0.0951. The Hall–Kier alpha value is -1.23. The second kappa shape index (κ2) is 5.40. The van der Waals surface area contributed by atoms with Crippen LogP contribution in [0.4, 0.5) is 10.1 Å². The van der Waals surface area contributed by atoms with Gasteiger partial charge in [0, 0.05) is 11.3 Å². The van der Waals surface area contributed by atoms with Crippen molar-refractivity contribution in [1.82, 2.24) is 5.32 Å². The van der Waals surface area contributed by atoms with Crippen molar-refractivity contribution in [3.8, 4) is 0 Å². The smallest absolute Gasteiger partial charge is 0.253 e. The monoisotopic (exact) mass is 256 g/mol. The highest BCUT2D eigenvalue weighted by molar-refractivity contribution is 7.99. The Kier molecular flexibility index (Phi) is 4.40. The van der Waals surface area contributed by atoms with Gasteiger partial charge in [-0.15, -0.1) is 0 Å². The standard InChI is InChI=1S/C12H17FN2OS/c1-12(2,17-3)7-15-11(16)8-5-4-6-9(13)10(8)14/h4-6H,7,14H2,1-3H3,(H,15,16). The van der Waals surface area contributed by atoms with Crippen molar-refractivity contribution in [2.24, 2.45) is 0 Å². The van der Waals surface area contributed by atoms with Crippen molar-refractivity contribution in [2.75, 3.05) is 18.5 Å². The van der Waals surface area contributed by atoms with Crippen LogP contribution in [0.15, 0.2) is 18.2 Å². The third-order valence-electron chi connectivity index (χ3n) is 2.52. The zero-order valence-electron chi connectivity index (χ0n) is 10.2. The number of para-hydroxylation sites is 1. The number of carbonyl (C=O) groups is 1. The van der Waals surface area contributed by atoms with Crippen LogP contribution >= 0.6 is 11.8 Å². The fourth-order valence-corrected chi connectivity index (χ4v) is 1.41. The number of thioether (sulfide) groups is 1. The van der Waals surface area contributed by atoms with Crippen molar-refractivity contribution >= 4 is 23.4 Å². The molecule has 1 amide bonds. The second-order valence-electron chi connectivity index (χ2n) is 4.35. The molecule has 0 heterocycles. The van der Waals surface area contributed by atoms with Gasteiger partial charge in [0.15, 0.2) is 0 Å². The van der Waals surface area contributed by atoms with Gasteiger partial charge in [-0.2, -0.15) is 11.8 Å². The van der Waals surface area contributed by atoms with Crippen molar-refractivity contribution in [3.05, 3.63) is 29.6 Å². The van der Waals surface area contributed by atoms with E-state index in [1.807, 2.05) is 20.1 Å². The molecule has 3 nitrogen and oxygen atoms in total. The summed E-state index contributed by atoms with van der Waals surface area (Å²) in [6.07, 6.45) is 1.97. The van der Waals surface area contributed by atoms with E-state index in [9.17, 15) is 9.18 Å². The van der Waals surface area contributed by atoms with Gasteiger partial charge in [-0.1, -0.05) is 6.07 Å². The molecular weight excluding hydrogens is 239 g/mol. The normalized spacial score (nSPS) is 11.3. The summed E-state index contributed by atoms with van der Waals surface area (Å²) in [4.78, 5) is 11.8. The van der Waals surface area contributed by atoms with Gasteiger partial charge in [-0.05, 0) is 32.2 Å². The third kappa shape index (κ3) is 3.63. The SMILES string of the molecule is CSC(C)(C)CNC(=O)c1cccc(F)c1N. The van der Waals surface area contributed by atoms with Gasteiger partial charge in [0.1, 0.15) is 5.82 Å². The van der Waals surface area contributed by atoms with E-state index in [1.165, 1.54) is 18.2 Å². The number of hydrogen-bond donors (Lipinski definition) is 2. The highest BCUT2D eigenvalue weighted by Gasteiger charge is 2.19. The van der Waals surface area contributed by atoms with E-state index in [-0.39, 0.29) is 21.9 Å². The first kappa shape index (κ1) is 13.8. The van der Waals surface area contributed by atoms with E-state index in [0.717, 1.165) is 0 Å². The van der Waals surface area contributed by atoms with Gasteiger partial charge in [-0.25, -0.2) is 4.39 Å². The molecule has 1 aromatic carbocycles. The van der Waals surface area contributed by atoms with Crippen LogP contribution in [0.1, 0.15) is 24.2 Å². The van der Waals surface area contributed by atoms with Crippen molar-refractivity contribution in [1.29, 1.82) is 0 Å². The summed E-state index contributed by atoms with van der Waals surface area (Å²) < 4.78 is 13.1. The fraction of sp³-hybridized carbons (Fsp3) is 0.417. The van der Waals surface area contributed by atoms with E-state index in [1.54, 1.807) is 11.8 Å². The summed E-state index contributed by atoms with van der Waals surface area (Å²) in [6.45, 7) is 4.54. The molecule has 0 bridgehead atoms. The number of amides is 1. The molecule has 0 radical (unpaired) electrons.